The average Bonchev–Trinajstić information content (AvgIpc) is 2.94. The van der Waals surface area contributed by atoms with Crippen LogP contribution in [0.4, 0.5) is 10.5 Å². The van der Waals surface area contributed by atoms with E-state index in [1.165, 1.54) is 5.69 Å². The van der Waals surface area contributed by atoms with E-state index in [-0.39, 0.29) is 30.0 Å². The Labute approximate surface area is 141 Å². The van der Waals surface area contributed by atoms with Gasteiger partial charge in [0.15, 0.2) is 0 Å². The number of benzene rings is 1. The molecule has 0 N–H and O–H groups in total. The predicted molar refractivity (Wildman–Crippen MR) is 76.6 cm³/mol. The molecule has 1 fully saturated rings. The predicted octanol–water partition coefficient (Wildman–Crippen LogP) is -1.89. The van der Waals surface area contributed by atoms with Crippen LogP contribution in [0.3, 0.4) is 0 Å². The van der Waals surface area contributed by atoms with Crippen LogP contribution < -0.4 is 33.4 Å². The van der Waals surface area contributed by atoms with Gasteiger partial charge in [-0.1, -0.05) is 18.2 Å². The number of imidazole rings is 1. The number of carbonyl (C=O) groups excluding carboxylic acids is 1. The second-order valence-electron chi connectivity index (χ2n) is 5.08. The summed E-state index contributed by atoms with van der Waals surface area (Å²) in [6.45, 7) is 3.28. The van der Waals surface area contributed by atoms with Gasteiger partial charge in [-0.15, -0.1) is 0 Å². The molecule has 0 aliphatic carbocycles. The van der Waals surface area contributed by atoms with E-state index in [0.717, 1.165) is 26.2 Å². The first-order valence-electron chi connectivity index (χ1n) is 6.86. The van der Waals surface area contributed by atoms with Gasteiger partial charge < -0.3 is 33.8 Å². The van der Waals surface area contributed by atoms with Crippen molar-refractivity contribution >= 4 is 11.7 Å². The molecule has 21 heavy (non-hydrogen) atoms. The number of carbonyl (C=O) groups is 1. The van der Waals surface area contributed by atoms with E-state index in [0.29, 0.717) is 0 Å². The van der Waals surface area contributed by atoms with E-state index in [4.69, 9.17) is 0 Å². The number of piperazine rings is 1. The molecule has 0 atom stereocenters. The highest BCUT2D eigenvalue weighted by atomic mass is 127. The Morgan fingerprint density at radius 3 is 2.33 bits per heavy atom. The smallest absolute Gasteiger partial charge is 0.415 e. The number of aromatic nitrogens is 2. The summed E-state index contributed by atoms with van der Waals surface area (Å²) in [5.74, 6) is 0. The van der Waals surface area contributed by atoms with Crippen LogP contribution in [0, 0.1) is 0 Å². The van der Waals surface area contributed by atoms with Crippen LogP contribution in [0.1, 0.15) is 0 Å². The molecule has 5 nitrogen and oxygen atoms in total. The third kappa shape index (κ3) is 3.55. The molecule has 2 aromatic rings. The average molecular weight is 398 g/mol. The first kappa shape index (κ1) is 15.8. The maximum absolute atomic E-state index is 12.3. The van der Waals surface area contributed by atoms with Crippen molar-refractivity contribution in [2.24, 2.45) is 7.05 Å². The van der Waals surface area contributed by atoms with Crippen molar-refractivity contribution in [3.05, 3.63) is 49.1 Å². The molecule has 1 aromatic heterocycles. The Hall–Kier alpha value is -1.57. The summed E-state index contributed by atoms with van der Waals surface area (Å²) in [6.07, 6.45) is 5.47. The van der Waals surface area contributed by atoms with Crippen LogP contribution in [0.2, 0.25) is 0 Å². The molecule has 2 heterocycles. The van der Waals surface area contributed by atoms with Crippen LogP contribution in [0.25, 0.3) is 0 Å². The maximum atomic E-state index is 12.3. The number of amides is 1. The third-order valence-electron chi connectivity index (χ3n) is 3.66. The van der Waals surface area contributed by atoms with E-state index >= 15 is 0 Å². The first-order chi connectivity index (χ1) is 9.74. The van der Waals surface area contributed by atoms with Crippen molar-refractivity contribution in [2.75, 3.05) is 31.1 Å². The molecule has 0 spiro atoms. The molecule has 0 saturated carbocycles. The zero-order valence-corrected chi connectivity index (χ0v) is 14.2. The molecule has 1 aliphatic heterocycles. The molecule has 1 aliphatic rings. The summed E-state index contributed by atoms with van der Waals surface area (Å²) >= 11 is 0. The van der Waals surface area contributed by atoms with Gasteiger partial charge in [-0.3, -0.25) is 0 Å². The van der Waals surface area contributed by atoms with Crippen LogP contribution in [0.15, 0.2) is 49.1 Å². The van der Waals surface area contributed by atoms with E-state index in [1.54, 1.807) is 17.1 Å². The summed E-state index contributed by atoms with van der Waals surface area (Å²) in [6, 6.07) is 10.4. The van der Waals surface area contributed by atoms with E-state index in [1.807, 2.05) is 40.9 Å². The molecule has 6 heteroatoms. The van der Waals surface area contributed by atoms with Crippen LogP contribution in [0.5, 0.6) is 0 Å². The van der Waals surface area contributed by atoms with Crippen molar-refractivity contribution in [3.63, 3.8) is 0 Å². The molecule has 1 amide bonds. The number of hydrogen-bond acceptors (Lipinski definition) is 2. The van der Waals surface area contributed by atoms with Crippen LogP contribution in [-0.4, -0.2) is 41.7 Å². The summed E-state index contributed by atoms with van der Waals surface area (Å²) in [4.78, 5) is 16.5. The maximum Gasteiger partial charge on any atom is 0.415 e. The normalized spacial score (nSPS) is 14.7. The molecule has 112 valence electrons. The van der Waals surface area contributed by atoms with Gasteiger partial charge in [-0.25, -0.2) is 9.36 Å². The molecular formula is C15H19IN4O. The Morgan fingerprint density at radius 2 is 1.76 bits per heavy atom. The molecule has 3 rings (SSSR count). The van der Waals surface area contributed by atoms with Gasteiger partial charge in [0.1, 0.15) is 12.4 Å². The summed E-state index contributed by atoms with van der Waals surface area (Å²) in [7, 11) is 1.91. The lowest BCUT2D eigenvalue weighted by atomic mass is 10.2. The molecular weight excluding hydrogens is 379 g/mol. The van der Waals surface area contributed by atoms with Crippen LogP contribution >= 0.6 is 0 Å². The highest BCUT2D eigenvalue weighted by Gasteiger charge is 2.25. The quantitative estimate of drug-likeness (QED) is 0.416. The summed E-state index contributed by atoms with van der Waals surface area (Å²) in [5.41, 5.74) is 1.23. The van der Waals surface area contributed by atoms with E-state index < -0.39 is 0 Å². The van der Waals surface area contributed by atoms with Gasteiger partial charge in [0.2, 0.25) is 0 Å². The highest BCUT2D eigenvalue weighted by Crippen LogP contribution is 2.15. The Kier molecular flexibility index (Phi) is 5.22. The van der Waals surface area contributed by atoms with Gasteiger partial charge in [0.25, 0.3) is 6.33 Å². The zero-order chi connectivity index (χ0) is 13.9. The minimum Gasteiger partial charge on any atom is -1.00 e. The van der Waals surface area contributed by atoms with E-state index in [2.05, 4.69) is 17.0 Å². The molecule has 0 bridgehead atoms. The van der Waals surface area contributed by atoms with Gasteiger partial charge in [0.05, 0.1) is 7.05 Å². The lowest BCUT2D eigenvalue weighted by Crippen LogP contribution is -3.00. The second kappa shape index (κ2) is 6.93. The summed E-state index contributed by atoms with van der Waals surface area (Å²) in [5, 5.41) is 0. The summed E-state index contributed by atoms with van der Waals surface area (Å²) < 4.78 is 3.51. The topological polar surface area (TPSA) is 32.4 Å². The Morgan fingerprint density at radius 1 is 1.10 bits per heavy atom. The minimum atomic E-state index is 0. The van der Waals surface area contributed by atoms with Crippen molar-refractivity contribution in [3.8, 4) is 0 Å². The van der Waals surface area contributed by atoms with Crippen molar-refractivity contribution < 1.29 is 33.3 Å². The number of hydrogen-bond donors (Lipinski definition) is 0. The van der Waals surface area contributed by atoms with Crippen LogP contribution in [-0.2, 0) is 7.05 Å². The van der Waals surface area contributed by atoms with Gasteiger partial charge in [-0.05, 0) is 12.1 Å². The molecule has 0 radical (unpaired) electrons. The van der Waals surface area contributed by atoms with Crippen molar-refractivity contribution in [1.29, 1.82) is 0 Å². The molecule has 0 unspecified atom stereocenters. The number of aryl methyl sites for hydroxylation is 1. The molecule has 1 aromatic carbocycles. The first-order valence-corrected chi connectivity index (χ1v) is 6.86. The lowest BCUT2D eigenvalue weighted by Gasteiger charge is -2.34. The lowest BCUT2D eigenvalue weighted by molar-refractivity contribution is -0.670. The van der Waals surface area contributed by atoms with Gasteiger partial charge in [0, 0.05) is 31.9 Å². The van der Waals surface area contributed by atoms with Crippen molar-refractivity contribution in [1.82, 2.24) is 9.47 Å². The zero-order valence-electron chi connectivity index (χ0n) is 12.0. The fourth-order valence-electron chi connectivity index (χ4n) is 2.52. The standard InChI is InChI=1S/C15H19N4O.HI/c1-16-7-8-19(13-16)15(20)18-11-9-17(10-12-18)14-5-3-2-4-6-14;/h2-8,13H,9-12H2,1H3;1H/q+1;/p-1. The van der Waals surface area contributed by atoms with Gasteiger partial charge in [-0.2, -0.15) is 4.57 Å². The highest BCUT2D eigenvalue weighted by molar-refractivity contribution is 5.76. The minimum absolute atomic E-state index is 0. The van der Waals surface area contributed by atoms with Gasteiger partial charge >= 0.3 is 6.03 Å². The monoisotopic (exact) mass is 398 g/mol. The fourth-order valence-corrected chi connectivity index (χ4v) is 2.52. The second-order valence-corrected chi connectivity index (χ2v) is 5.08. The third-order valence-corrected chi connectivity index (χ3v) is 3.66. The number of halogens is 1. The Bertz CT molecular complexity index is 591. The number of para-hydroxylation sites is 1. The fraction of sp³-hybridized carbons (Fsp3) is 0.333. The number of nitrogens with zero attached hydrogens (tertiary/aromatic N) is 4. The number of rotatable bonds is 1. The largest absolute Gasteiger partial charge is 1.00 e. The Balaban J connectivity index is 0.00000161. The molecule has 1 saturated heterocycles. The van der Waals surface area contributed by atoms with Crippen molar-refractivity contribution in [2.45, 2.75) is 0 Å². The number of anilines is 1. The van der Waals surface area contributed by atoms with E-state index in [9.17, 15) is 4.79 Å². The SMILES string of the molecule is C[n+]1ccn(C(=O)N2CCN(c3ccccc3)CC2)c1.[I-].